The lowest BCUT2D eigenvalue weighted by molar-refractivity contribution is -0.131. The van der Waals surface area contributed by atoms with Crippen LogP contribution in [0.2, 0.25) is 5.02 Å². The van der Waals surface area contributed by atoms with Crippen molar-refractivity contribution in [2.75, 3.05) is 6.54 Å². The SMILES string of the molecule is CC[C@@H](C)N(C[C@@H](O)[C@@H]1CCC(=O)N1Cc1ccccc1Cl)[C@H](C)CC. The fourth-order valence-electron chi connectivity index (χ4n) is 3.77. The molecule has 0 aliphatic carbocycles. The average molecular weight is 381 g/mol. The van der Waals surface area contributed by atoms with Gasteiger partial charge in [0.1, 0.15) is 0 Å². The summed E-state index contributed by atoms with van der Waals surface area (Å²) in [4.78, 5) is 16.6. The Morgan fingerprint density at radius 3 is 2.42 bits per heavy atom. The molecule has 0 aromatic heterocycles. The first-order chi connectivity index (χ1) is 12.4. The van der Waals surface area contributed by atoms with Crippen LogP contribution in [0.4, 0.5) is 0 Å². The molecule has 2 rings (SSSR count). The van der Waals surface area contributed by atoms with Crippen LogP contribution in [0.15, 0.2) is 24.3 Å². The Bertz CT molecular complexity index is 585. The molecule has 1 heterocycles. The summed E-state index contributed by atoms with van der Waals surface area (Å²) in [5, 5.41) is 11.6. The van der Waals surface area contributed by atoms with E-state index in [-0.39, 0.29) is 11.9 Å². The van der Waals surface area contributed by atoms with Crippen molar-refractivity contribution in [3.63, 3.8) is 0 Å². The van der Waals surface area contributed by atoms with Gasteiger partial charge in [-0.2, -0.15) is 0 Å². The predicted molar refractivity (Wildman–Crippen MR) is 107 cm³/mol. The summed E-state index contributed by atoms with van der Waals surface area (Å²) < 4.78 is 0. The number of carbonyl (C=O) groups excluding carboxylic acids is 1. The zero-order chi connectivity index (χ0) is 19.3. The van der Waals surface area contributed by atoms with Crippen molar-refractivity contribution in [2.45, 2.75) is 84.2 Å². The Hall–Kier alpha value is -1.10. The molecule has 4 atom stereocenters. The van der Waals surface area contributed by atoms with E-state index in [1.54, 1.807) is 0 Å². The first-order valence-electron chi connectivity index (χ1n) is 9.85. The van der Waals surface area contributed by atoms with Gasteiger partial charge in [0.05, 0.1) is 12.1 Å². The molecule has 1 aromatic carbocycles. The van der Waals surface area contributed by atoms with Gasteiger partial charge in [-0.1, -0.05) is 43.6 Å². The van der Waals surface area contributed by atoms with Crippen LogP contribution in [0.25, 0.3) is 0 Å². The molecule has 1 aliphatic rings. The van der Waals surface area contributed by atoms with Crippen molar-refractivity contribution in [2.24, 2.45) is 0 Å². The van der Waals surface area contributed by atoms with Crippen LogP contribution in [0.1, 0.15) is 58.9 Å². The van der Waals surface area contributed by atoms with Crippen LogP contribution in [0.3, 0.4) is 0 Å². The van der Waals surface area contributed by atoms with Crippen molar-refractivity contribution in [1.29, 1.82) is 0 Å². The number of aliphatic hydroxyl groups excluding tert-OH is 1. The lowest BCUT2D eigenvalue weighted by Gasteiger charge is -2.38. The van der Waals surface area contributed by atoms with Gasteiger partial charge in [-0.3, -0.25) is 9.69 Å². The standard InChI is InChI=1S/C21H33ClN2O2/c1-5-15(3)23(16(4)6-2)14-20(25)19-11-12-21(26)24(19)13-17-9-7-8-10-18(17)22/h7-10,15-16,19-20,25H,5-6,11-14H2,1-4H3/t15-,16-,19+,20-/m1/s1. The molecule has 0 unspecified atom stereocenters. The number of halogens is 1. The maximum absolute atomic E-state index is 12.4. The summed E-state index contributed by atoms with van der Waals surface area (Å²) in [7, 11) is 0. The Kier molecular flexibility index (Phi) is 7.93. The minimum Gasteiger partial charge on any atom is -0.390 e. The van der Waals surface area contributed by atoms with E-state index in [1.165, 1.54) is 0 Å². The lowest BCUT2D eigenvalue weighted by Crippen LogP contribution is -2.50. The number of carbonyl (C=O) groups is 1. The summed E-state index contributed by atoms with van der Waals surface area (Å²) in [6.07, 6.45) is 2.75. The highest BCUT2D eigenvalue weighted by molar-refractivity contribution is 6.31. The molecule has 1 saturated heterocycles. The third-order valence-electron chi connectivity index (χ3n) is 5.83. The highest BCUT2D eigenvalue weighted by atomic mass is 35.5. The van der Waals surface area contributed by atoms with Crippen LogP contribution >= 0.6 is 11.6 Å². The molecule has 26 heavy (non-hydrogen) atoms. The Balaban J connectivity index is 2.11. The van der Waals surface area contributed by atoms with E-state index in [0.717, 1.165) is 18.4 Å². The first-order valence-corrected chi connectivity index (χ1v) is 10.2. The fourth-order valence-corrected chi connectivity index (χ4v) is 3.97. The topological polar surface area (TPSA) is 43.8 Å². The molecule has 1 aromatic rings. The quantitative estimate of drug-likeness (QED) is 0.701. The minimum atomic E-state index is -0.549. The minimum absolute atomic E-state index is 0.104. The van der Waals surface area contributed by atoms with Crippen LogP contribution < -0.4 is 0 Å². The molecular formula is C21H33ClN2O2. The molecule has 1 N–H and O–H groups in total. The molecule has 0 radical (unpaired) electrons. The summed E-state index contributed by atoms with van der Waals surface area (Å²) >= 11 is 6.27. The predicted octanol–water partition coefficient (Wildman–Crippen LogP) is 4.09. The van der Waals surface area contributed by atoms with Gasteiger partial charge in [-0.15, -0.1) is 0 Å². The normalized spacial score (nSPS) is 21.3. The Morgan fingerprint density at radius 2 is 1.85 bits per heavy atom. The molecule has 4 nitrogen and oxygen atoms in total. The monoisotopic (exact) mass is 380 g/mol. The van der Waals surface area contributed by atoms with E-state index in [2.05, 4.69) is 32.6 Å². The molecular weight excluding hydrogens is 348 g/mol. The van der Waals surface area contributed by atoms with E-state index >= 15 is 0 Å². The van der Waals surface area contributed by atoms with E-state index in [4.69, 9.17) is 11.6 Å². The van der Waals surface area contributed by atoms with Gasteiger partial charge in [0.15, 0.2) is 0 Å². The number of likely N-dealkylation sites (tertiary alicyclic amines) is 1. The zero-order valence-corrected chi connectivity index (χ0v) is 17.2. The van der Waals surface area contributed by atoms with E-state index in [1.807, 2.05) is 29.2 Å². The van der Waals surface area contributed by atoms with Crippen LogP contribution in [0.5, 0.6) is 0 Å². The van der Waals surface area contributed by atoms with Crippen molar-refractivity contribution in [3.05, 3.63) is 34.9 Å². The van der Waals surface area contributed by atoms with Gasteiger partial charge >= 0.3 is 0 Å². The van der Waals surface area contributed by atoms with Gasteiger partial charge in [0.25, 0.3) is 0 Å². The third kappa shape index (κ3) is 4.99. The van der Waals surface area contributed by atoms with E-state index in [0.29, 0.717) is 43.0 Å². The van der Waals surface area contributed by atoms with Crippen molar-refractivity contribution < 1.29 is 9.90 Å². The maximum atomic E-state index is 12.4. The summed E-state index contributed by atoms with van der Waals surface area (Å²) in [5.74, 6) is 0.104. The Labute approximate surface area is 163 Å². The molecule has 1 aliphatic heterocycles. The number of nitrogens with zero attached hydrogens (tertiary/aromatic N) is 2. The number of amides is 1. The maximum Gasteiger partial charge on any atom is 0.223 e. The van der Waals surface area contributed by atoms with Gasteiger partial charge in [-0.05, 0) is 44.7 Å². The van der Waals surface area contributed by atoms with Gasteiger partial charge < -0.3 is 10.0 Å². The van der Waals surface area contributed by atoms with Crippen LogP contribution in [-0.2, 0) is 11.3 Å². The number of hydrogen-bond donors (Lipinski definition) is 1. The second-order valence-electron chi connectivity index (χ2n) is 7.50. The average Bonchev–Trinajstić information content (AvgIpc) is 3.00. The lowest BCUT2D eigenvalue weighted by atomic mass is 10.0. The molecule has 1 amide bonds. The van der Waals surface area contributed by atoms with Crippen molar-refractivity contribution >= 4 is 17.5 Å². The number of benzene rings is 1. The molecule has 0 spiro atoms. The number of hydrogen-bond acceptors (Lipinski definition) is 3. The largest absolute Gasteiger partial charge is 0.390 e. The van der Waals surface area contributed by atoms with Crippen molar-refractivity contribution in [3.8, 4) is 0 Å². The smallest absolute Gasteiger partial charge is 0.223 e. The first kappa shape index (κ1) is 21.2. The molecule has 146 valence electrons. The number of rotatable bonds is 9. The molecule has 1 fully saturated rings. The summed E-state index contributed by atoms with van der Waals surface area (Å²) in [6.45, 7) is 9.83. The molecule has 5 heteroatoms. The fraction of sp³-hybridized carbons (Fsp3) is 0.667. The van der Waals surface area contributed by atoms with Crippen molar-refractivity contribution in [1.82, 2.24) is 9.80 Å². The second kappa shape index (κ2) is 9.72. The Morgan fingerprint density at radius 1 is 1.23 bits per heavy atom. The highest BCUT2D eigenvalue weighted by Gasteiger charge is 2.37. The highest BCUT2D eigenvalue weighted by Crippen LogP contribution is 2.27. The molecule has 0 bridgehead atoms. The summed E-state index contributed by atoms with van der Waals surface area (Å²) in [6, 6.07) is 8.29. The van der Waals surface area contributed by atoms with Gasteiger partial charge in [0.2, 0.25) is 5.91 Å². The van der Waals surface area contributed by atoms with Gasteiger partial charge in [-0.25, -0.2) is 0 Å². The van der Waals surface area contributed by atoms with Gasteiger partial charge in [0, 0.05) is 36.6 Å². The second-order valence-corrected chi connectivity index (χ2v) is 7.90. The van der Waals surface area contributed by atoms with Crippen LogP contribution in [0, 0.1) is 0 Å². The summed E-state index contributed by atoms with van der Waals surface area (Å²) in [5.41, 5.74) is 0.933. The third-order valence-corrected chi connectivity index (χ3v) is 6.20. The molecule has 0 saturated carbocycles. The van der Waals surface area contributed by atoms with Crippen LogP contribution in [-0.4, -0.2) is 51.6 Å². The van der Waals surface area contributed by atoms with E-state index in [9.17, 15) is 9.90 Å². The number of aliphatic hydroxyl groups is 1. The zero-order valence-electron chi connectivity index (χ0n) is 16.5. The van der Waals surface area contributed by atoms with E-state index < -0.39 is 6.10 Å².